The minimum absolute atomic E-state index is 0.0742. The van der Waals surface area contributed by atoms with Crippen molar-refractivity contribution in [2.75, 3.05) is 25.0 Å². The van der Waals surface area contributed by atoms with Gasteiger partial charge in [0, 0.05) is 19.6 Å². The number of carbonyl (C=O) groups is 1. The van der Waals surface area contributed by atoms with Crippen LogP contribution in [-0.4, -0.2) is 73.4 Å². The zero-order valence-electron chi connectivity index (χ0n) is 20.4. The minimum atomic E-state index is -4.04. The molecule has 3 rings (SSSR count). The predicted octanol–water partition coefficient (Wildman–Crippen LogP) is 0.495. The normalized spacial score (nSPS) is 24.6. The molecule has 8 N–H and O–H groups in total. The lowest BCUT2D eigenvalue weighted by molar-refractivity contribution is -0.153. The number of para-hydroxylation sites is 1. The molecule has 0 unspecified atom stereocenters. The van der Waals surface area contributed by atoms with E-state index in [2.05, 4.69) is 22.0 Å². The number of anilines is 1. The number of fused-ring (bicyclic) bond motifs is 1. The average Bonchev–Trinajstić information content (AvgIpc) is 2.79. The van der Waals surface area contributed by atoms with Crippen LogP contribution in [0.15, 0.2) is 28.1 Å². The number of sulfonamides is 1. The maximum atomic E-state index is 13.5. The number of nitrogens with two attached hydrogens (primary N) is 2. The molecule has 2 aliphatic rings. The molecule has 0 aromatic heterocycles. The highest BCUT2D eigenvalue weighted by molar-refractivity contribution is 7.89. The molecule has 11 nitrogen and oxygen atoms in total. The summed E-state index contributed by atoms with van der Waals surface area (Å²) in [5.41, 5.74) is 12.3. The Kier molecular flexibility index (Phi) is 8.97. The third-order valence-corrected chi connectivity index (χ3v) is 8.29. The molecule has 1 saturated heterocycles. The van der Waals surface area contributed by atoms with Crippen LogP contribution in [0.2, 0.25) is 0 Å². The molecule has 0 amide bonds. The maximum Gasteiger partial charge on any atom is 0.321 e. The Morgan fingerprint density at radius 1 is 1.31 bits per heavy atom. The summed E-state index contributed by atoms with van der Waals surface area (Å²) in [6.45, 7) is 5.34. The average molecular weight is 511 g/mol. The van der Waals surface area contributed by atoms with Crippen LogP contribution in [0.3, 0.4) is 0 Å². The van der Waals surface area contributed by atoms with Gasteiger partial charge >= 0.3 is 5.97 Å². The summed E-state index contributed by atoms with van der Waals surface area (Å²) in [6, 6.07) is 3.30. The van der Waals surface area contributed by atoms with Crippen LogP contribution in [0.1, 0.15) is 45.1 Å². The summed E-state index contributed by atoms with van der Waals surface area (Å²) in [4.78, 5) is 17.5. The zero-order chi connectivity index (χ0) is 25.8. The monoisotopic (exact) mass is 510 g/mol. The van der Waals surface area contributed by atoms with E-state index in [-0.39, 0.29) is 29.7 Å². The molecule has 1 aromatic carbocycles. The highest BCUT2D eigenvalue weighted by atomic mass is 32.2. The molecule has 35 heavy (non-hydrogen) atoms. The number of hydrogen-bond acceptors (Lipinski definition) is 7. The van der Waals surface area contributed by atoms with Crippen molar-refractivity contribution < 1.29 is 23.4 Å². The van der Waals surface area contributed by atoms with E-state index in [9.17, 15) is 23.4 Å². The fourth-order valence-corrected chi connectivity index (χ4v) is 6.39. The lowest BCUT2D eigenvalue weighted by atomic mass is 9.91. The number of nitrogens with zero attached hydrogens (tertiary/aromatic N) is 2. The number of rotatable bonds is 10. The van der Waals surface area contributed by atoms with Gasteiger partial charge in [-0.2, -0.15) is 0 Å². The number of carboxylic acid groups (broad SMARTS) is 1. The summed E-state index contributed by atoms with van der Waals surface area (Å²) in [6.07, 6.45) is 1.14. The molecule has 0 aliphatic carbocycles. The topological polar surface area (TPSA) is 183 Å². The molecule has 0 saturated carbocycles. The molecule has 2 aliphatic heterocycles. The Hall–Kier alpha value is -2.41. The molecule has 12 heteroatoms. The molecule has 1 aromatic rings. The Balaban J connectivity index is 1.87. The van der Waals surface area contributed by atoms with E-state index in [0.29, 0.717) is 44.0 Å². The number of aliphatic hydroxyl groups is 1. The van der Waals surface area contributed by atoms with Crippen molar-refractivity contribution in [2.24, 2.45) is 28.3 Å². The summed E-state index contributed by atoms with van der Waals surface area (Å²) in [7, 11) is -4.04. The second-order valence-electron chi connectivity index (χ2n) is 9.79. The van der Waals surface area contributed by atoms with Gasteiger partial charge in [-0.3, -0.25) is 14.7 Å². The van der Waals surface area contributed by atoms with Gasteiger partial charge in [0.15, 0.2) is 5.96 Å². The van der Waals surface area contributed by atoms with Crippen molar-refractivity contribution in [3.8, 4) is 0 Å². The number of aliphatic carboxylic acids is 1. The number of benzene rings is 1. The van der Waals surface area contributed by atoms with Gasteiger partial charge in [0.05, 0.1) is 11.7 Å². The van der Waals surface area contributed by atoms with Gasteiger partial charge in [-0.15, -0.1) is 0 Å². The van der Waals surface area contributed by atoms with Gasteiger partial charge in [-0.05, 0) is 55.6 Å². The summed E-state index contributed by atoms with van der Waals surface area (Å²) in [5.74, 6) is -0.531. The predicted molar refractivity (Wildman–Crippen MR) is 134 cm³/mol. The highest BCUT2D eigenvalue weighted by Gasteiger charge is 2.39. The Morgan fingerprint density at radius 2 is 2.06 bits per heavy atom. The zero-order valence-corrected chi connectivity index (χ0v) is 21.2. The highest BCUT2D eigenvalue weighted by Crippen LogP contribution is 2.32. The summed E-state index contributed by atoms with van der Waals surface area (Å²) < 4.78 is 29.7. The Labute approximate surface area is 207 Å². The number of aliphatic imine (C=N–C) groups is 1. The summed E-state index contributed by atoms with van der Waals surface area (Å²) in [5, 5.41) is 24.2. The quantitative estimate of drug-likeness (QED) is 0.148. The van der Waals surface area contributed by atoms with Crippen molar-refractivity contribution in [1.29, 1.82) is 0 Å². The van der Waals surface area contributed by atoms with Crippen LogP contribution in [0, 0.1) is 11.8 Å². The first-order valence-corrected chi connectivity index (χ1v) is 13.6. The molecular formula is C23H38N6O5S. The number of likely N-dealkylation sites (tertiary alicyclic amines) is 1. The van der Waals surface area contributed by atoms with E-state index >= 15 is 0 Å². The van der Waals surface area contributed by atoms with Crippen LogP contribution >= 0.6 is 0 Å². The van der Waals surface area contributed by atoms with Gasteiger partial charge in [0.1, 0.15) is 17.2 Å². The van der Waals surface area contributed by atoms with Gasteiger partial charge in [0.25, 0.3) is 0 Å². The van der Waals surface area contributed by atoms with Crippen molar-refractivity contribution in [2.45, 2.75) is 69.2 Å². The summed E-state index contributed by atoms with van der Waals surface area (Å²) >= 11 is 0. The van der Waals surface area contributed by atoms with Gasteiger partial charge in [-0.25, -0.2) is 13.1 Å². The third kappa shape index (κ3) is 6.84. The molecule has 0 spiro atoms. The van der Waals surface area contributed by atoms with Crippen molar-refractivity contribution in [1.82, 2.24) is 9.62 Å². The van der Waals surface area contributed by atoms with E-state index in [1.54, 1.807) is 6.07 Å². The minimum Gasteiger partial charge on any atom is -0.480 e. The third-order valence-electron chi connectivity index (χ3n) is 6.76. The second kappa shape index (κ2) is 11.5. The van der Waals surface area contributed by atoms with Crippen LogP contribution in [0.4, 0.5) is 5.69 Å². The fraction of sp³-hybridized carbons (Fsp3) is 0.652. The van der Waals surface area contributed by atoms with Crippen LogP contribution in [-0.2, 0) is 21.2 Å². The number of nitrogens with one attached hydrogen (secondary N) is 2. The van der Waals surface area contributed by atoms with Crippen LogP contribution in [0.25, 0.3) is 0 Å². The van der Waals surface area contributed by atoms with E-state index in [1.165, 1.54) is 11.0 Å². The van der Waals surface area contributed by atoms with Gasteiger partial charge < -0.3 is 27.0 Å². The number of piperidine rings is 1. The fourth-order valence-electron chi connectivity index (χ4n) is 4.90. The Morgan fingerprint density at radius 3 is 2.74 bits per heavy atom. The van der Waals surface area contributed by atoms with Gasteiger partial charge in [0.2, 0.25) is 10.0 Å². The first-order valence-electron chi connectivity index (χ1n) is 12.1. The number of guanidine groups is 1. The van der Waals surface area contributed by atoms with E-state index in [4.69, 9.17) is 11.5 Å². The molecule has 196 valence electrons. The smallest absolute Gasteiger partial charge is 0.321 e. The molecule has 0 bridgehead atoms. The van der Waals surface area contributed by atoms with Crippen LogP contribution < -0.4 is 21.5 Å². The first-order chi connectivity index (χ1) is 16.5. The lowest BCUT2D eigenvalue weighted by Gasteiger charge is -2.41. The number of hydrogen-bond donors (Lipinski definition) is 6. The molecule has 2 heterocycles. The van der Waals surface area contributed by atoms with Gasteiger partial charge in [-0.1, -0.05) is 26.0 Å². The first kappa shape index (κ1) is 27.2. The van der Waals surface area contributed by atoms with Crippen molar-refractivity contribution in [3.63, 3.8) is 0 Å². The molecule has 5 atom stereocenters. The standard InChI is InChI=1S/C23H38N6O5S/c1-14-8-10-29(18(12-14)22(31)32)21(30)17(6-4-9-26-23(24)25)28-35(33,34)19-7-3-5-16-11-15(2)13-27-20(16)19/h3,5,7,14-15,17-18,21,27-28,30H,4,6,8-13H2,1-2H3,(H,31,32)(H4,24,25,26)/t14-,15+,17+,18-,21-/m1/s1. The Bertz CT molecular complexity index is 1030. The van der Waals surface area contributed by atoms with Crippen molar-refractivity contribution >= 4 is 27.6 Å². The van der Waals surface area contributed by atoms with E-state index in [1.807, 2.05) is 13.0 Å². The SMILES string of the molecule is C[C@@H]1CNc2c(cccc2S(=O)(=O)N[C@@H](CCCN=C(N)N)[C@@H](O)N2CC[C@@H](C)C[C@@H]2C(=O)O)C1. The maximum absolute atomic E-state index is 13.5. The van der Waals surface area contributed by atoms with Crippen molar-refractivity contribution in [3.05, 3.63) is 23.8 Å². The second-order valence-corrected chi connectivity index (χ2v) is 11.5. The number of aliphatic hydroxyl groups excluding tert-OH is 1. The van der Waals surface area contributed by atoms with E-state index < -0.39 is 34.3 Å². The lowest BCUT2D eigenvalue weighted by Crippen LogP contribution is -2.59. The number of carboxylic acids is 1. The molecular weight excluding hydrogens is 472 g/mol. The molecule has 1 fully saturated rings. The van der Waals surface area contributed by atoms with E-state index in [0.717, 1.165) is 12.0 Å². The molecule has 0 radical (unpaired) electrons. The largest absolute Gasteiger partial charge is 0.480 e. The van der Waals surface area contributed by atoms with Crippen LogP contribution in [0.5, 0.6) is 0 Å².